The lowest BCUT2D eigenvalue weighted by atomic mass is 9.96. The fourth-order valence-electron chi connectivity index (χ4n) is 5.51. The molecule has 0 unspecified atom stereocenters. The van der Waals surface area contributed by atoms with Gasteiger partial charge in [0.1, 0.15) is 11.1 Å². The van der Waals surface area contributed by atoms with Gasteiger partial charge in [-0.2, -0.15) is 0 Å². The molecule has 1 atom stereocenters. The molecule has 1 aromatic heterocycles. The number of nitrogens with two attached hydrogens (primary N) is 1. The highest BCUT2D eigenvalue weighted by Crippen LogP contribution is 2.33. The molecule has 3 aromatic carbocycles. The molecule has 2 N–H and O–H groups in total. The van der Waals surface area contributed by atoms with E-state index in [9.17, 15) is 14.4 Å². The summed E-state index contributed by atoms with van der Waals surface area (Å²) in [6.07, 6.45) is 1.52. The average Bonchev–Trinajstić information content (AvgIpc) is 3.08. The topological polar surface area (TPSA) is 109 Å². The van der Waals surface area contributed by atoms with Gasteiger partial charge in [-0.15, -0.1) is 0 Å². The monoisotopic (exact) mass is 657 g/mol. The molecular weight excluding hydrogens is 622 g/mol. The quantitative estimate of drug-likeness (QED) is 0.126. The number of benzene rings is 3. The largest absolute Gasteiger partial charge is 0.462 e. The van der Waals surface area contributed by atoms with Gasteiger partial charge in [0.2, 0.25) is 5.91 Å². The Bertz CT molecular complexity index is 1630. The first-order chi connectivity index (χ1) is 22.3. The minimum absolute atomic E-state index is 0.0454. The number of nitrogen functional groups attached to an aromatic ring is 1. The molecule has 0 spiro atoms. The Labute approximate surface area is 278 Å². The third-order valence-corrected chi connectivity index (χ3v) is 9.24. The van der Waals surface area contributed by atoms with Crippen LogP contribution in [0.2, 0.25) is 5.02 Å². The number of amides is 2. The normalized spacial score (nSPS) is 14.1. The van der Waals surface area contributed by atoms with Gasteiger partial charge in [-0.3, -0.25) is 18.8 Å². The molecule has 0 bridgehead atoms. The standard InChI is InChI=1S/C35H36ClN5O4S/c1-3-45-35(44)29-15-10-18-38-32(29)46-41(34(43)28-17-16-27(36)23-30(28)37)24(2)33(42)40-21-19-39(20-22-40)31(25-11-6-4-7-12-25)26-13-8-5-9-14-26/h4-18,23-24,31H,3,19-22,37H2,1-2H3/t24-/m1/s1. The van der Waals surface area contributed by atoms with Crippen molar-refractivity contribution < 1.29 is 19.1 Å². The van der Waals surface area contributed by atoms with Crippen LogP contribution in [0.4, 0.5) is 5.69 Å². The highest BCUT2D eigenvalue weighted by molar-refractivity contribution is 7.97. The fraction of sp³-hybridized carbons (Fsp3) is 0.257. The minimum Gasteiger partial charge on any atom is -0.462 e. The SMILES string of the molecule is CCOC(=O)c1cccnc1SN(C(=O)c1ccc(Cl)cc1N)[C@H](C)C(=O)N1CCN(C(c2ccccc2)c2ccccc2)CC1. The molecular formula is C35H36ClN5O4S. The van der Waals surface area contributed by atoms with Crippen molar-refractivity contribution in [1.29, 1.82) is 0 Å². The second-order valence-electron chi connectivity index (χ2n) is 10.8. The van der Waals surface area contributed by atoms with Gasteiger partial charge in [-0.05, 0) is 55.3 Å². The molecule has 11 heteroatoms. The van der Waals surface area contributed by atoms with E-state index in [2.05, 4.69) is 34.1 Å². The van der Waals surface area contributed by atoms with Gasteiger partial charge in [0.25, 0.3) is 5.91 Å². The minimum atomic E-state index is -0.921. The summed E-state index contributed by atoms with van der Waals surface area (Å²) < 4.78 is 6.54. The maximum atomic E-state index is 14.1. The molecule has 1 aliphatic rings. The predicted molar refractivity (Wildman–Crippen MR) is 180 cm³/mol. The second-order valence-corrected chi connectivity index (χ2v) is 12.2. The number of halogens is 1. The molecule has 0 saturated carbocycles. The lowest BCUT2D eigenvalue weighted by molar-refractivity contribution is -0.136. The number of esters is 1. The predicted octanol–water partition coefficient (Wildman–Crippen LogP) is 5.97. The van der Waals surface area contributed by atoms with Crippen molar-refractivity contribution in [3.8, 4) is 0 Å². The number of anilines is 1. The van der Waals surface area contributed by atoms with Crippen LogP contribution < -0.4 is 5.73 Å². The van der Waals surface area contributed by atoms with Crippen LogP contribution in [-0.4, -0.2) is 75.7 Å². The number of pyridine rings is 1. The highest BCUT2D eigenvalue weighted by Gasteiger charge is 2.36. The molecule has 5 rings (SSSR count). The molecule has 46 heavy (non-hydrogen) atoms. The summed E-state index contributed by atoms with van der Waals surface area (Å²) in [4.78, 5) is 49.4. The summed E-state index contributed by atoms with van der Waals surface area (Å²) >= 11 is 7.02. The molecule has 0 radical (unpaired) electrons. The first-order valence-electron chi connectivity index (χ1n) is 15.1. The first kappa shape index (κ1) is 33.0. The van der Waals surface area contributed by atoms with E-state index in [1.807, 2.05) is 36.4 Å². The van der Waals surface area contributed by atoms with Crippen molar-refractivity contribution in [2.75, 3.05) is 38.5 Å². The van der Waals surface area contributed by atoms with Crippen LogP contribution in [0.1, 0.15) is 51.7 Å². The van der Waals surface area contributed by atoms with Crippen molar-refractivity contribution in [3.63, 3.8) is 0 Å². The van der Waals surface area contributed by atoms with Crippen LogP contribution >= 0.6 is 23.5 Å². The van der Waals surface area contributed by atoms with E-state index in [0.29, 0.717) is 31.2 Å². The summed E-state index contributed by atoms with van der Waals surface area (Å²) in [6.45, 7) is 5.81. The van der Waals surface area contributed by atoms with Gasteiger partial charge in [0.05, 0.1) is 23.8 Å². The third kappa shape index (κ3) is 7.52. The molecule has 2 amide bonds. The van der Waals surface area contributed by atoms with Crippen molar-refractivity contribution >= 4 is 47.0 Å². The van der Waals surface area contributed by atoms with E-state index in [-0.39, 0.29) is 40.4 Å². The fourth-order valence-corrected chi connectivity index (χ4v) is 6.67. The van der Waals surface area contributed by atoms with Crippen molar-refractivity contribution in [2.24, 2.45) is 0 Å². The molecule has 4 aromatic rings. The summed E-state index contributed by atoms with van der Waals surface area (Å²) in [5.41, 5.74) is 9.12. The van der Waals surface area contributed by atoms with Gasteiger partial charge < -0.3 is 15.4 Å². The van der Waals surface area contributed by atoms with Gasteiger partial charge in [-0.25, -0.2) is 9.78 Å². The van der Waals surface area contributed by atoms with Gasteiger partial charge in [-0.1, -0.05) is 72.3 Å². The zero-order chi connectivity index (χ0) is 32.6. The Balaban J connectivity index is 1.39. The van der Waals surface area contributed by atoms with Gasteiger partial charge >= 0.3 is 5.97 Å². The lowest BCUT2D eigenvalue weighted by Crippen LogP contribution is -2.54. The molecule has 1 aliphatic heterocycles. The zero-order valence-corrected chi connectivity index (χ0v) is 27.3. The van der Waals surface area contributed by atoms with Gasteiger partial charge in [0, 0.05) is 55.0 Å². The number of carbonyl (C=O) groups is 3. The highest BCUT2D eigenvalue weighted by atomic mass is 35.5. The number of hydrogen-bond donors (Lipinski definition) is 1. The van der Waals surface area contributed by atoms with Crippen LogP contribution in [0, 0.1) is 0 Å². The van der Waals surface area contributed by atoms with E-state index < -0.39 is 17.9 Å². The van der Waals surface area contributed by atoms with Crippen LogP contribution in [0.15, 0.2) is 102 Å². The molecule has 238 valence electrons. The average molecular weight is 658 g/mol. The second kappa shape index (κ2) is 15.3. The number of nitrogens with zero attached hydrogens (tertiary/aromatic N) is 4. The summed E-state index contributed by atoms with van der Waals surface area (Å²) in [6, 6.07) is 27.6. The van der Waals surface area contributed by atoms with E-state index >= 15 is 0 Å². The molecule has 9 nitrogen and oxygen atoms in total. The molecule has 0 aliphatic carbocycles. The Kier molecular flexibility index (Phi) is 11.0. The number of aromatic nitrogens is 1. The van der Waals surface area contributed by atoms with Crippen LogP contribution in [0.25, 0.3) is 0 Å². The Morgan fingerprint density at radius 3 is 2.13 bits per heavy atom. The lowest BCUT2D eigenvalue weighted by Gasteiger charge is -2.41. The number of hydrogen-bond acceptors (Lipinski definition) is 8. The van der Waals surface area contributed by atoms with E-state index in [4.69, 9.17) is 22.1 Å². The summed E-state index contributed by atoms with van der Waals surface area (Å²) in [7, 11) is 0. The Morgan fingerprint density at radius 2 is 1.54 bits per heavy atom. The molecule has 1 saturated heterocycles. The summed E-state index contributed by atoms with van der Waals surface area (Å²) in [5, 5.41) is 0.619. The van der Waals surface area contributed by atoms with E-state index in [0.717, 1.165) is 11.9 Å². The van der Waals surface area contributed by atoms with Crippen LogP contribution in [-0.2, 0) is 9.53 Å². The number of ether oxygens (including phenoxy) is 1. The third-order valence-electron chi connectivity index (χ3n) is 7.83. The van der Waals surface area contributed by atoms with Gasteiger partial charge in [0.15, 0.2) is 0 Å². The van der Waals surface area contributed by atoms with Crippen LogP contribution in [0.3, 0.4) is 0 Å². The number of carbonyl (C=O) groups excluding carboxylic acids is 3. The zero-order valence-electron chi connectivity index (χ0n) is 25.7. The number of piperazine rings is 1. The maximum absolute atomic E-state index is 14.1. The summed E-state index contributed by atoms with van der Waals surface area (Å²) in [5.74, 6) is -1.30. The smallest absolute Gasteiger partial charge is 0.340 e. The van der Waals surface area contributed by atoms with E-state index in [1.54, 1.807) is 36.9 Å². The van der Waals surface area contributed by atoms with Crippen molar-refractivity contribution in [3.05, 3.63) is 124 Å². The Hall–Kier alpha value is -4.38. The number of rotatable bonds is 10. The molecule has 2 heterocycles. The van der Waals surface area contributed by atoms with Crippen molar-refractivity contribution in [1.82, 2.24) is 19.1 Å². The molecule has 1 fully saturated rings. The van der Waals surface area contributed by atoms with Crippen molar-refractivity contribution in [2.45, 2.75) is 31.0 Å². The maximum Gasteiger partial charge on any atom is 0.340 e. The van der Waals surface area contributed by atoms with Crippen LogP contribution in [0.5, 0.6) is 0 Å². The van der Waals surface area contributed by atoms with E-state index in [1.165, 1.54) is 33.8 Å². The first-order valence-corrected chi connectivity index (χ1v) is 16.2. The Morgan fingerprint density at radius 1 is 0.913 bits per heavy atom.